The summed E-state index contributed by atoms with van der Waals surface area (Å²) in [5.41, 5.74) is 2.36. The molecule has 0 bridgehead atoms. The van der Waals surface area contributed by atoms with Crippen LogP contribution in [0.25, 0.3) is 0 Å². The first kappa shape index (κ1) is 13.1. The normalized spacial score (nSPS) is 12.6. The largest absolute Gasteiger partial charge is 0.336 e. The Morgan fingerprint density at radius 1 is 1.33 bits per heavy atom. The van der Waals surface area contributed by atoms with E-state index in [2.05, 4.69) is 29.4 Å². The Labute approximate surface area is 113 Å². The number of rotatable bonds is 5. The second-order valence-corrected chi connectivity index (χ2v) is 4.80. The fourth-order valence-corrected chi connectivity index (χ4v) is 2.11. The molecular formula is C14H18ClN3. The highest BCUT2D eigenvalue weighted by Gasteiger charge is 2.16. The quantitative estimate of drug-likeness (QED) is 0.898. The van der Waals surface area contributed by atoms with Gasteiger partial charge in [-0.3, -0.25) is 0 Å². The molecule has 0 spiro atoms. The molecule has 1 unspecified atom stereocenters. The highest BCUT2D eigenvalue weighted by atomic mass is 35.5. The summed E-state index contributed by atoms with van der Waals surface area (Å²) in [6.07, 6.45) is 4.83. The lowest BCUT2D eigenvalue weighted by molar-refractivity contribution is 0.569. The highest BCUT2D eigenvalue weighted by molar-refractivity contribution is 6.30. The van der Waals surface area contributed by atoms with E-state index >= 15 is 0 Å². The lowest BCUT2D eigenvalue weighted by Crippen LogP contribution is -2.24. The van der Waals surface area contributed by atoms with E-state index in [1.807, 2.05) is 36.3 Å². The first-order chi connectivity index (χ1) is 8.72. The van der Waals surface area contributed by atoms with Crippen molar-refractivity contribution < 1.29 is 0 Å². The van der Waals surface area contributed by atoms with Crippen molar-refractivity contribution in [3.8, 4) is 0 Å². The number of nitrogens with zero attached hydrogens (tertiary/aromatic N) is 2. The van der Waals surface area contributed by atoms with Gasteiger partial charge in [-0.1, -0.05) is 30.7 Å². The van der Waals surface area contributed by atoms with Gasteiger partial charge in [0.2, 0.25) is 0 Å². The van der Waals surface area contributed by atoms with Gasteiger partial charge in [-0.25, -0.2) is 4.98 Å². The molecule has 1 atom stereocenters. The molecule has 18 heavy (non-hydrogen) atoms. The first-order valence-electron chi connectivity index (χ1n) is 6.17. The van der Waals surface area contributed by atoms with Crippen molar-refractivity contribution in [2.24, 2.45) is 7.05 Å². The fourth-order valence-electron chi connectivity index (χ4n) is 1.98. The Morgan fingerprint density at radius 2 is 2.06 bits per heavy atom. The molecule has 3 nitrogen and oxygen atoms in total. The van der Waals surface area contributed by atoms with E-state index in [9.17, 15) is 0 Å². The highest BCUT2D eigenvalue weighted by Crippen LogP contribution is 2.22. The zero-order valence-corrected chi connectivity index (χ0v) is 11.5. The minimum absolute atomic E-state index is 0.162. The number of imidazole rings is 1. The Bertz CT molecular complexity index is 490. The zero-order chi connectivity index (χ0) is 13.0. The molecule has 0 aliphatic carbocycles. The number of hydrogen-bond donors (Lipinski definition) is 1. The molecule has 4 heteroatoms. The summed E-state index contributed by atoms with van der Waals surface area (Å²) in [6, 6.07) is 8.13. The van der Waals surface area contributed by atoms with Crippen molar-refractivity contribution in [3.63, 3.8) is 0 Å². The molecule has 1 aromatic heterocycles. The summed E-state index contributed by atoms with van der Waals surface area (Å²) in [7, 11) is 2.01. The molecule has 0 aliphatic rings. The smallest absolute Gasteiger partial charge is 0.0946 e. The summed E-state index contributed by atoms with van der Waals surface area (Å²) in [5, 5.41) is 4.31. The van der Waals surface area contributed by atoms with Crippen LogP contribution in [0.15, 0.2) is 36.8 Å². The molecule has 96 valence electrons. The molecule has 1 aromatic carbocycles. The van der Waals surface area contributed by atoms with Crippen molar-refractivity contribution in [1.82, 2.24) is 14.9 Å². The van der Waals surface area contributed by atoms with Gasteiger partial charge in [0, 0.05) is 12.1 Å². The van der Waals surface area contributed by atoms with Gasteiger partial charge in [0.15, 0.2) is 0 Å². The van der Waals surface area contributed by atoms with Gasteiger partial charge >= 0.3 is 0 Å². The molecular weight excluding hydrogens is 246 g/mol. The summed E-state index contributed by atoms with van der Waals surface area (Å²) in [4.78, 5) is 4.19. The summed E-state index contributed by atoms with van der Waals surface area (Å²) < 4.78 is 2.04. The Hall–Kier alpha value is -1.32. The number of aromatic nitrogens is 2. The maximum absolute atomic E-state index is 5.94. The maximum Gasteiger partial charge on any atom is 0.0946 e. The van der Waals surface area contributed by atoms with E-state index in [0.717, 1.165) is 23.7 Å². The third-order valence-corrected chi connectivity index (χ3v) is 3.20. The Balaban J connectivity index is 2.30. The maximum atomic E-state index is 5.94. The van der Waals surface area contributed by atoms with E-state index < -0.39 is 0 Å². The van der Waals surface area contributed by atoms with Crippen molar-refractivity contribution in [2.45, 2.75) is 19.4 Å². The van der Waals surface area contributed by atoms with Crippen LogP contribution in [0.5, 0.6) is 0 Å². The average molecular weight is 264 g/mol. The number of nitrogens with one attached hydrogen (secondary N) is 1. The third kappa shape index (κ3) is 2.92. The lowest BCUT2D eigenvalue weighted by atomic mass is 10.0. The van der Waals surface area contributed by atoms with Gasteiger partial charge in [-0.15, -0.1) is 0 Å². The number of halogens is 1. The molecule has 2 aromatic rings. The van der Waals surface area contributed by atoms with Crippen LogP contribution in [0.2, 0.25) is 5.02 Å². The standard InChI is InChI=1S/C14H18ClN3/c1-3-8-17-14(13-9-16-10-18(13)2)11-4-6-12(15)7-5-11/h4-7,9-10,14,17H,3,8H2,1-2H3. The van der Waals surface area contributed by atoms with Crippen LogP contribution < -0.4 is 5.32 Å². The van der Waals surface area contributed by atoms with Gasteiger partial charge in [0.1, 0.15) is 0 Å². The van der Waals surface area contributed by atoms with E-state index in [0.29, 0.717) is 0 Å². The van der Waals surface area contributed by atoms with Gasteiger partial charge in [0.25, 0.3) is 0 Å². The third-order valence-electron chi connectivity index (χ3n) is 2.95. The Morgan fingerprint density at radius 3 is 2.61 bits per heavy atom. The monoisotopic (exact) mass is 263 g/mol. The van der Waals surface area contributed by atoms with Crippen molar-refractivity contribution in [2.75, 3.05) is 6.54 Å². The van der Waals surface area contributed by atoms with Crippen LogP contribution in [-0.4, -0.2) is 16.1 Å². The van der Waals surface area contributed by atoms with E-state index in [-0.39, 0.29) is 6.04 Å². The SMILES string of the molecule is CCCNC(c1ccc(Cl)cc1)c1cncn1C. The topological polar surface area (TPSA) is 29.9 Å². The van der Waals surface area contributed by atoms with Gasteiger partial charge in [-0.05, 0) is 30.7 Å². The molecule has 0 saturated carbocycles. The average Bonchev–Trinajstić information content (AvgIpc) is 2.78. The van der Waals surface area contributed by atoms with E-state index in [4.69, 9.17) is 11.6 Å². The van der Waals surface area contributed by atoms with Crippen molar-refractivity contribution >= 4 is 11.6 Å². The van der Waals surface area contributed by atoms with Crippen LogP contribution >= 0.6 is 11.6 Å². The van der Waals surface area contributed by atoms with Crippen LogP contribution in [0.4, 0.5) is 0 Å². The van der Waals surface area contributed by atoms with Gasteiger partial charge in [-0.2, -0.15) is 0 Å². The van der Waals surface area contributed by atoms with Crippen LogP contribution in [0, 0.1) is 0 Å². The molecule has 0 amide bonds. The number of hydrogen-bond acceptors (Lipinski definition) is 2. The fraction of sp³-hybridized carbons (Fsp3) is 0.357. The summed E-state index contributed by atoms with van der Waals surface area (Å²) in [5.74, 6) is 0. The minimum atomic E-state index is 0.162. The molecule has 0 fully saturated rings. The van der Waals surface area contributed by atoms with Gasteiger partial charge in [0.05, 0.1) is 24.3 Å². The summed E-state index contributed by atoms with van der Waals surface area (Å²) in [6.45, 7) is 3.13. The molecule has 0 aliphatic heterocycles. The molecule has 1 N–H and O–H groups in total. The van der Waals surface area contributed by atoms with E-state index in [1.165, 1.54) is 5.56 Å². The molecule has 0 saturated heterocycles. The number of aryl methyl sites for hydroxylation is 1. The first-order valence-corrected chi connectivity index (χ1v) is 6.55. The van der Waals surface area contributed by atoms with Crippen LogP contribution in [-0.2, 0) is 7.05 Å². The van der Waals surface area contributed by atoms with Gasteiger partial charge < -0.3 is 9.88 Å². The predicted molar refractivity (Wildman–Crippen MR) is 74.8 cm³/mol. The number of benzene rings is 1. The second kappa shape index (κ2) is 6.03. The van der Waals surface area contributed by atoms with Crippen molar-refractivity contribution in [1.29, 1.82) is 0 Å². The molecule has 2 rings (SSSR count). The van der Waals surface area contributed by atoms with Crippen molar-refractivity contribution in [3.05, 3.63) is 53.1 Å². The van der Waals surface area contributed by atoms with Crippen LogP contribution in [0.3, 0.4) is 0 Å². The second-order valence-electron chi connectivity index (χ2n) is 4.37. The van der Waals surface area contributed by atoms with Crippen LogP contribution in [0.1, 0.15) is 30.6 Å². The molecule has 0 radical (unpaired) electrons. The predicted octanol–water partition coefficient (Wildman–Crippen LogP) is 3.16. The zero-order valence-electron chi connectivity index (χ0n) is 10.7. The Kier molecular flexibility index (Phi) is 4.39. The lowest BCUT2D eigenvalue weighted by Gasteiger charge is -2.19. The minimum Gasteiger partial charge on any atom is -0.336 e. The molecule has 1 heterocycles. The van der Waals surface area contributed by atoms with E-state index in [1.54, 1.807) is 0 Å². The summed E-state index contributed by atoms with van der Waals surface area (Å²) >= 11 is 5.94.